The first-order chi connectivity index (χ1) is 10.8. The number of nitrogens with one attached hydrogen (secondary N) is 1. The van der Waals surface area contributed by atoms with Gasteiger partial charge in [0.1, 0.15) is 5.78 Å². The predicted octanol–water partition coefficient (Wildman–Crippen LogP) is 3.16. The summed E-state index contributed by atoms with van der Waals surface area (Å²) in [6.45, 7) is 3.93. The van der Waals surface area contributed by atoms with Crippen LogP contribution < -0.4 is 4.72 Å². The van der Waals surface area contributed by atoms with Gasteiger partial charge in [0.25, 0.3) is 10.0 Å². The number of anilines is 1. The van der Waals surface area contributed by atoms with Crippen molar-refractivity contribution < 1.29 is 13.2 Å². The lowest BCUT2D eigenvalue weighted by Crippen LogP contribution is -2.17. The van der Waals surface area contributed by atoms with Gasteiger partial charge < -0.3 is 0 Å². The summed E-state index contributed by atoms with van der Waals surface area (Å²) in [6.07, 6.45) is 1.50. The molecule has 0 unspecified atom stereocenters. The van der Waals surface area contributed by atoms with Crippen LogP contribution in [0.3, 0.4) is 0 Å². The number of benzene rings is 2. The van der Waals surface area contributed by atoms with Gasteiger partial charge in [-0.2, -0.15) is 0 Å². The fourth-order valence-corrected chi connectivity index (χ4v) is 3.87. The van der Waals surface area contributed by atoms with Crippen molar-refractivity contribution in [1.29, 1.82) is 0 Å². The monoisotopic (exact) mass is 329 g/mol. The molecule has 0 spiro atoms. The first-order valence-corrected chi connectivity index (χ1v) is 9.07. The highest BCUT2D eigenvalue weighted by molar-refractivity contribution is 7.92. The quantitative estimate of drug-likeness (QED) is 0.941. The average molecular weight is 329 g/mol. The van der Waals surface area contributed by atoms with Crippen molar-refractivity contribution in [3.8, 4) is 0 Å². The van der Waals surface area contributed by atoms with Crippen LogP contribution in [0, 0.1) is 13.8 Å². The molecule has 0 aromatic heterocycles. The molecule has 0 aliphatic heterocycles. The Kier molecular flexibility index (Phi) is 3.98. The van der Waals surface area contributed by atoms with Crippen molar-refractivity contribution in [2.24, 2.45) is 0 Å². The van der Waals surface area contributed by atoms with Crippen molar-refractivity contribution in [3.63, 3.8) is 0 Å². The van der Waals surface area contributed by atoms with Gasteiger partial charge in [-0.05, 0) is 66.8 Å². The Labute approximate surface area is 136 Å². The molecule has 5 heteroatoms. The van der Waals surface area contributed by atoms with E-state index in [0.29, 0.717) is 24.9 Å². The van der Waals surface area contributed by atoms with E-state index < -0.39 is 10.0 Å². The van der Waals surface area contributed by atoms with E-state index in [1.165, 1.54) is 0 Å². The van der Waals surface area contributed by atoms with E-state index in [2.05, 4.69) is 4.72 Å². The number of hydrogen-bond donors (Lipinski definition) is 1. The van der Waals surface area contributed by atoms with Crippen molar-refractivity contribution in [2.75, 3.05) is 4.72 Å². The Morgan fingerprint density at radius 2 is 1.70 bits per heavy atom. The maximum absolute atomic E-state index is 12.6. The summed E-state index contributed by atoms with van der Waals surface area (Å²) in [5.41, 5.74) is 4.60. The summed E-state index contributed by atoms with van der Waals surface area (Å²) < 4.78 is 27.8. The standard InChI is InChI=1S/C18H19NO3S/c1-12-3-6-16(9-13(12)2)19-23(21,22)18-8-5-14-10-17(20)7-4-15(14)11-18/h3,5-6,8-9,11,19H,4,7,10H2,1-2H3. The van der Waals surface area contributed by atoms with E-state index in [9.17, 15) is 13.2 Å². The van der Waals surface area contributed by atoms with Crippen LogP contribution in [-0.4, -0.2) is 14.2 Å². The molecule has 3 rings (SSSR count). The number of carbonyl (C=O) groups excluding carboxylic acids is 1. The highest BCUT2D eigenvalue weighted by Crippen LogP contribution is 2.24. The molecule has 1 N–H and O–H groups in total. The van der Waals surface area contributed by atoms with E-state index in [1.54, 1.807) is 24.3 Å². The zero-order valence-corrected chi connectivity index (χ0v) is 14.0. The molecule has 0 fully saturated rings. The molecule has 0 saturated carbocycles. The van der Waals surface area contributed by atoms with Gasteiger partial charge >= 0.3 is 0 Å². The Hall–Kier alpha value is -2.14. The molecule has 23 heavy (non-hydrogen) atoms. The van der Waals surface area contributed by atoms with Crippen molar-refractivity contribution in [1.82, 2.24) is 0 Å². The number of aryl methyl sites for hydroxylation is 3. The van der Waals surface area contributed by atoms with E-state index >= 15 is 0 Å². The Balaban J connectivity index is 1.90. The summed E-state index contributed by atoms with van der Waals surface area (Å²) in [5, 5.41) is 0. The molecule has 120 valence electrons. The second kappa shape index (κ2) is 5.81. The minimum atomic E-state index is -3.62. The smallest absolute Gasteiger partial charge is 0.261 e. The van der Waals surface area contributed by atoms with E-state index in [-0.39, 0.29) is 10.7 Å². The van der Waals surface area contributed by atoms with Gasteiger partial charge in [-0.1, -0.05) is 12.1 Å². The number of rotatable bonds is 3. The lowest BCUT2D eigenvalue weighted by atomic mass is 9.91. The van der Waals surface area contributed by atoms with Crippen LogP contribution in [0.1, 0.15) is 28.7 Å². The summed E-state index contributed by atoms with van der Waals surface area (Å²) in [6, 6.07) is 10.5. The number of fused-ring (bicyclic) bond motifs is 1. The maximum Gasteiger partial charge on any atom is 0.261 e. The first-order valence-electron chi connectivity index (χ1n) is 7.59. The highest BCUT2D eigenvalue weighted by atomic mass is 32.2. The van der Waals surface area contributed by atoms with Crippen LogP contribution in [-0.2, 0) is 27.7 Å². The molecule has 0 heterocycles. The van der Waals surface area contributed by atoms with Gasteiger partial charge in [0.05, 0.1) is 4.90 Å². The van der Waals surface area contributed by atoms with Crippen LogP contribution in [0.5, 0.6) is 0 Å². The van der Waals surface area contributed by atoms with E-state index in [4.69, 9.17) is 0 Å². The van der Waals surface area contributed by atoms with Gasteiger partial charge in [-0.3, -0.25) is 9.52 Å². The van der Waals surface area contributed by atoms with E-state index in [0.717, 1.165) is 22.3 Å². The van der Waals surface area contributed by atoms with Crippen molar-refractivity contribution in [3.05, 3.63) is 58.7 Å². The molecular weight excluding hydrogens is 310 g/mol. The van der Waals surface area contributed by atoms with Crippen molar-refractivity contribution in [2.45, 2.75) is 38.0 Å². The van der Waals surface area contributed by atoms with Crippen LogP contribution in [0.25, 0.3) is 0 Å². The average Bonchev–Trinajstić information content (AvgIpc) is 2.50. The Morgan fingerprint density at radius 1 is 0.913 bits per heavy atom. The zero-order chi connectivity index (χ0) is 16.6. The number of carbonyl (C=O) groups is 1. The van der Waals surface area contributed by atoms with Gasteiger partial charge in [0.2, 0.25) is 0 Å². The lowest BCUT2D eigenvalue weighted by molar-refractivity contribution is -0.118. The lowest BCUT2D eigenvalue weighted by Gasteiger charge is -2.16. The summed E-state index contributed by atoms with van der Waals surface area (Å²) >= 11 is 0. The number of sulfonamides is 1. The van der Waals surface area contributed by atoms with Crippen molar-refractivity contribution >= 4 is 21.5 Å². The summed E-state index contributed by atoms with van der Waals surface area (Å²) in [4.78, 5) is 11.7. The van der Waals surface area contributed by atoms with Crippen LogP contribution in [0.2, 0.25) is 0 Å². The van der Waals surface area contributed by atoms with Crippen LogP contribution in [0.4, 0.5) is 5.69 Å². The second-order valence-corrected chi connectivity index (χ2v) is 7.73. The van der Waals surface area contributed by atoms with Gasteiger partial charge in [-0.15, -0.1) is 0 Å². The van der Waals surface area contributed by atoms with E-state index in [1.807, 2.05) is 26.0 Å². The third-order valence-corrected chi connectivity index (χ3v) is 5.69. The minimum absolute atomic E-state index is 0.210. The number of Topliss-reactive ketones (excluding diaryl/α,β-unsaturated/α-hetero) is 1. The Bertz CT molecular complexity index is 885. The minimum Gasteiger partial charge on any atom is -0.299 e. The third-order valence-electron chi connectivity index (χ3n) is 4.31. The predicted molar refractivity (Wildman–Crippen MR) is 90.2 cm³/mol. The number of hydrogen-bond acceptors (Lipinski definition) is 3. The van der Waals surface area contributed by atoms with Gasteiger partial charge in [0.15, 0.2) is 0 Å². The molecule has 4 nitrogen and oxygen atoms in total. The fourth-order valence-electron chi connectivity index (χ4n) is 2.77. The molecule has 2 aromatic rings. The molecule has 1 aliphatic carbocycles. The normalized spacial score (nSPS) is 14.4. The SMILES string of the molecule is Cc1ccc(NS(=O)(=O)c2ccc3c(c2)CCC(=O)C3)cc1C. The van der Waals surface area contributed by atoms with Crippen LogP contribution in [0.15, 0.2) is 41.3 Å². The molecular formula is C18H19NO3S. The fraction of sp³-hybridized carbons (Fsp3) is 0.278. The Morgan fingerprint density at radius 3 is 2.43 bits per heavy atom. The molecule has 2 aromatic carbocycles. The molecule has 0 atom stereocenters. The summed E-state index contributed by atoms with van der Waals surface area (Å²) in [7, 11) is -3.62. The number of ketones is 1. The molecule has 1 aliphatic rings. The van der Waals surface area contributed by atoms with Gasteiger partial charge in [-0.25, -0.2) is 8.42 Å². The zero-order valence-electron chi connectivity index (χ0n) is 13.2. The topological polar surface area (TPSA) is 63.2 Å². The summed E-state index contributed by atoms with van der Waals surface area (Å²) in [5.74, 6) is 0.210. The second-order valence-electron chi connectivity index (χ2n) is 6.05. The third kappa shape index (κ3) is 3.29. The van der Waals surface area contributed by atoms with Crippen LogP contribution >= 0.6 is 0 Å². The maximum atomic E-state index is 12.6. The molecule has 0 bridgehead atoms. The molecule has 0 radical (unpaired) electrons. The highest BCUT2D eigenvalue weighted by Gasteiger charge is 2.20. The first kappa shape index (κ1) is 15.7. The van der Waals surface area contributed by atoms with Gasteiger partial charge in [0, 0.05) is 18.5 Å². The largest absolute Gasteiger partial charge is 0.299 e. The molecule has 0 saturated heterocycles. The molecule has 0 amide bonds.